The van der Waals surface area contributed by atoms with E-state index in [0.29, 0.717) is 6.10 Å². The SMILES string of the molecule is CCC(C)CC1Cc2ccccc2O1. The van der Waals surface area contributed by atoms with E-state index in [4.69, 9.17) is 4.74 Å². The molecule has 2 unspecified atom stereocenters. The lowest BCUT2D eigenvalue weighted by molar-refractivity contribution is 0.196. The van der Waals surface area contributed by atoms with Crippen LogP contribution in [-0.2, 0) is 6.42 Å². The molecule has 0 aromatic heterocycles. The molecule has 0 N–H and O–H groups in total. The van der Waals surface area contributed by atoms with E-state index in [1.807, 2.05) is 6.07 Å². The molecule has 0 aliphatic carbocycles. The van der Waals surface area contributed by atoms with E-state index in [2.05, 4.69) is 32.0 Å². The number of hydrogen-bond donors (Lipinski definition) is 0. The number of hydrogen-bond acceptors (Lipinski definition) is 1. The Labute approximate surface area is 86.1 Å². The van der Waals surface area contributed by atoms with E-state index < -0.39 is 0 Å². The highest BCUT2D eigenvalue weighted by Crippen LogP contribution is 2.31. The molecule has 0 bridgehead atoms. The first-order valence-corrected chi connectivity index (χ1v) is 5.54. The van der Waals surface area contributed by atoms with Crippen LogP contribution < -0.4 is 4.74 Å². The van der Waals surface area contributed by atoms with Gasteiger partial charge in [-0.2, -0.15) is 0 Å². The van der Waals surface area contributed by atoms with Crippen LogP contribution in [0, 0.1) is 5.92 Å². The molecule has 76 valence electrons. The van der Waals surface area contributed by atoms with Crippen molar-refractivity contribution in [2.75, 3.05) is 0 Å². The third kappa shape index (κ3) is 1.92. The van der Waals surface area contributed by atoms with Crippen LogP contribution in [-0.4, -0.2) is 6.10 Å². The number of ether oxygens (including phenoxy) is 1. The molecule has 14 heavy (non-hydrogen) atoms. The second-order valence-electron chi connectivity index (χ2n) is 4.30. The first-order chi connectivity index (χ1) is 6.79. The van der Waals surface area contributed by atoms with Crippen LogP contribution >= 0.6 is 0 Å². The fourth-order valence-electron chi connectivity index (χ4n) is 2.00. The van der Waals surface area contributed by atoms with E-state index in [0.717, 1.165) is 18.1 Å². The summed E-state index contributed by atoms with van der Waals surface area (Å²) in [5, 5.41) is 0. The lowest BCUT2D eigenvalue weighted by atomic mass is 9.98. The summed E-state index contributed by atoms with van der Waals surface area (Å²) < 4.78 is 5.88. The molecule has 1 aliphatic rings. The molecular formula is C13H18O. The molecular weight excluding hydrogens is 172 g/mol. The smallest absolute Gasteiger partial charge is 0.123 e. The molecule has 1 heteroatoms. The monoisotopic (exact) mass is 190 g/mol. The van der Waals surface area contributed by atoms with Gasteiger partial charge in [-0.1, -0.05) is 38.5 Å². The van der Waals surface area contributed by atoms with Crippen molar-refractivity contribution in [1.29, 1.82) is 0 Å². The minimum absolute atomic E-state index is 0.419. The zero-order valence-electron chi connectivity index (χ0n) is 8.99. The van der Waals surface area contributed by atoms with E-state index in [9.17, 15) is 0 Å². The first kappa shape index (κ1) is 9.57. The van der Waals surface area contributed by atoms with Crippen molar-refractivity contribution in [1.82, 2.24) is 0 Å². The van der Waals surface area contributed by atoms with E-state index >= 15 is 0 Å². The minimum atomic E-state index is 0.419. The van der Waals surface area contributed by atoms with E-state index in [1.165, 1.54) is 18.4 Å². The van der Waals surface area contributed by atoms with Gasteiger partial charge >= 0.3 is 0 Å². The lowest BCUT2D eigenvalue weighted by Crippen LogP contribution is -2.16. The van der Waals surface area contributed by atoms with Crippen LogP contribution in [0.25, 0.3) is 0 Å². The fourth-order valence-corrected chi connectivity index (χ4v) is 2.00. The van der Waals surface area contributed by atoms with Gasteiger partial charge in [0.15, 0.2) is 0 Å². The molecule has 0 saturated heterocycles. The minimum Gasteiger partial charge on any atom is -0.490 e. The Balaban J connectivity index is 1.98. The average molecular weight is 190 g/mol. The Kier molecular flexibility index (Phi) is 2.76. The Morgan fingerprint density at radius 3 is 2.93 bits per heavy atom. The summed E-state index contributed by atoms with van der Waals surface area (Å²) in [6, 6.07) is 8.39. The van der Waals surface area contributed by atoms with Crippen molar-refractivity contribution in [3.63, 3.8) is 0 Å². The Morgan fingerprint density at radius 2 is 2.21 bits per heavy atom. The maximum Gasteiger partial charge on any atom is 0.123 e. The van der Waals surface area contributed by atoms with Crippen molar-refractivity contribution in [2.24, 2.45) is 5.92 Å². The quantitative estimate of drug-likeness (QED) is 0.709. The molecule has 1 nitrogen and oxygen atoms in total. The third-order valence-electron chi connectivity index (χ3n) is 3.08. The van der Waals surface area contributed by atoms with E-state index in [1.54, 1.807) is 0 Å². The summed E-state index contributed by atoms with van der Waals surface area (Å²) >= 11 is 0. The molecule has 1 aromatic carbocycles. The van der Waals surface area contributed by atoms with Gasteiger partial charge in [0, 0.05) is 6.42 Å². The predicted octanol–water partition coefficient (Wildman–Crippen LogP) is 3.43. The summed E-state index contributed by atoms with van der Waals surface area (Å²) in [7, 11) is 0. The number of benzene rings is 1. The van der Waals surface area contributed by atoms with Crippen LogP contribution in [0.1, 0.15) is 32.3 Å². The van der Waals surface area contributed by atoms with Gasteiger partial charge in [0.05, 0.1) is 0 Å². The van der Waals surface area contributed by atoms with Crippen molar-refractivity contribution >= 4 is 0 Å². The van der Waals surface area contributed by atoms with Crippen molar-refractivity contribution in [2.45, 2.75) is 39.2 Å². The number of para-hydroxylation sites is 1. The average Bonchev–Trinajstić information content (AvgIpc) is 2.59. The van der Waals surface area contributed by atoms with Crippen LogP contribution in [0.2, 0.25) is 0 Å². The molecule has 1 heterocycles. The van der Waals surface area contributed by atoms with Gasteiger partial charge in [-0.05, 0) is 24.0 Å². The van der Waals surface area contributed by atoms with Gasteiger partial charge in [0.1, 0.15) is 11.9 Å². The third-order valence-corrected chi connectivity index (χ3v) is 3.08. The maximum absolute atomic E-state index is 5.88. The number of fused-ring (bicyclic) bond motifs is 1. The zero-order valence-corrected chi connectivity index (χ0v) is 8.99. The summed E-state index contributed by atoms with van der Waals surface area (Å²) in [6.45, 7) is 4.54. The molecule has 1 aromatic rings. The van der Waals surface area contributed by atoms with Crippen LogP contribution in [0.3, 0.4) is 0 Å². The van der Waals surface area contributed by atoms with E-state index in [-0.39, 0.29) is 0 Å². The molecule has 0 saturated carbocycles. The lowest BCUT2D eigenvalue weighted by Gasteiger charge is -2.14. The predicted molar refractivity (Wildman–Crippen MR) is 58.6 cm³/mol. The van der Waals surface area contributed by atoms with Crippen LogP contribution in [0.15, 0.2) is 24.3 Å². The Hall–Kier alpha value is -0.980. The Bertz CT molecular complexity index is 281. The Morgan fingerprint density at radius 1 is 1.43 bits per heavy atom. The van der Waals surface area contributed by atoms with Crippen molar-refractivity contribution in [3.8, 4) is 5.75 Å². The summed E-state index contributed by atoms with van der Waals surface area (Å²) in [4.78, 5) is 0. The molecule has 0 spiro atoms. The highest BCUT2D eigenvalue weighted by molar-refractivity contribution is 5.37. The summed E-state index contributed by atoms with van der Waals surface area (Å²) in [5.74, 6) is 1.87. The first-order valence-electron chi connectivity index (χ1n) is 5.54. The maximum atomic E-state index is 5.88. The highest BCUT2D eigenvalue weighted by atomic mass is 16.5. The topological polar surface area (TPSA) is 9.23 Å². The second-order valence-corrected chi connectivity index (χ2v) is 4.30. The van der Waals surface area contributed by atoms with Gasteiger partial charge in [0.2, 0.25) is 0 Å². The normalized spacial score (nSPS) is 21.4. The molecule has 2 rings (SSSR count). The molecule has 0 radical (unpaired) electrons. The standard InChI is InChI=1S/C13H18O/c1-3-10(2)8-12-9-11-6-4-5-7-13(11)14-12/h4-7,10,12H,3,8-9H2,1-2H3. The second kappa shape index (κ2) is 4.04. The number of rotatable bonds is 3. The summed E-state index contributed by atoms with van der Waals surface area (Å²) in [5.41, 5.74) is 1.38. The fraction of sp³-hybridized carbons (Fsp3) is 0.538. The van der Waals surface area contributed by atoms with Gasteiger partial charge in [0.25, 0.3) is 0 Å². The zero-order chi connectivity index (χ0) is 9.97. The van der Waals surface area contributed by atoms with Gasteiger partial charge in [-0.15, -0.1) is 0 Å². The summed E-state index contributed by atoms with van der Waals surface area (Å²) in [6.07, 6.45) is 3.95. The van der Waals surface area contributed by atoms with Gasteiger partial charge < -0.3 is 4.74 Å². The molecule has 0 amide bonds. The molecule has 0 fully saturated rings. The van der Waals surface area contributed by atoms with Crippen LogP contribution in [0.5, 0.6) is 5.75 Å². The van der Waals surface area contributed by atoms with Crippen molar-refractivity contribution < 1.29 is 4.74 Å². The largest absolute Gasteiger partial charge is 0.490 e. The highest BCUT2D eigenvalue weighted by Gasteiger charge is 2.23. The molecule has 1 aliphatic heterocycles. The van der Waals surface area contributed by atoms with Gasteiger partial charge in [-0.25, -0.2) is 0 Å². The van der Waals surface area contributed by atoms with Crippen molar-refractivity contribution in [3.05, 3.63) is 29.8 Å². The molecule has 2 atom stereocenters. The van der Waals surface area contributed by atoms with Crippen LogP contribution in [0.4, 0.5) is 0 Å². The van der Waals surface area contributed by atoms with Gasteiger partial charge in [-0.3, -0.25) is 0 Å².